The lowest BCUT2D eigenvalue weighted by atomic mass is 9.88. The molecule has 0 aliphatic rings. The summed E-state index contributed by atoms with van der Waals surface area (Å²) in [6, 6.07) is 5.63. The van der Waals surface area contributed by atoms with E-state index in [1.807, 2.05) is 18.2 Å². The van der Waals surface area contributed by atoms with Crippen LogP contribution in [0.1, 0.15) is 20.3 Å². The standard InChI is InChI=1S/C12H17BrClNO/c1-3-12(2,8-16)7-15-11-5-4-9(14)6-10(11)13/h4-6,15-16H,3,7-8H2,1-2H3. The molecule has 16 heavy (non-hydrogen) atoms. The molecule has 4 heteroatoms. The third kappa shape index (κ3) is 3.65. The van der Waals surface area contributed by atoms with E-state index in [9.17, 15) is 5.11 Å². The molecule has 0 aliphatic heterocycles. The summed E-state index contributed by atoms with van der Waals surface area (Å²) in [5.74, 6) is 0. The van der Waals surface area contributed by atoms with Crippen molar-refractivity contribution in [3.05, 3.63) is 27.7 Å². The first-order chi connectivity index (χ1) is 7.50. The van der Waals surface area contributed by atoms with E-state index in [-0.39, 0.29) is 12.0 Å². The number of hydrogen-bond donors (Lipinski definition) is 2. The van der Waals surface area contributed by atoms with Crippen LogP contribution in [0.4, 0.5) is 5.69 Å². The van der Waals surface area contributed by atoms with Gasteiger partial charge in [0.1, 0.15) is 0 Å². The van der Waals surface area contributed by atoms with Crippen molar-refractivity contribution in [1.82, 2.24) is 0 Å². The van der Waals surface area contributed by atoms with Crippen molar-refractivity contribution in [2.24, 2.45) is 5.41 Å². The summed E-state index contributed by atoms with van der Waals surface area (Å²) in [6.07, 6.45) is 0.932. The molecule has 0 radical (unpaired) electrons. The largest absolute Gasteiger partial charge is 0.396 e. The quantitative estimate of drug-likeness (QED) is 0.864. The minimum Gasteiger partial charge on any atom is -0.396 e. The second kappa shape index (κ2) is 5.89. The molecular weight excluding hydrogens is 289 g/mol. The number of aliphatic hydroxyl groups excluding tert-OH is 1. The molecule has 1 rings (SSSR count). The Hall–Kier alpha value is -0.250. The number of hydrogen-bond acceptors (Lipinski definition) is 2. The van der Waals surface area contributed by atoms with Gasteiger partial charge in [0.05, 0.1) is 6.61 Å². The molecule has 0 amide bonds. The van der Waals surface area contributed by atoms with Gasteiger partial charge >= 0.3 is 0 Å². The third-order valence-corrected chi connectivity index (χ3v) is 3.76. The summed E-state index contributed by atoms with van der Waals surface area (Å²) in [7, 11) is 0. The Morgan fingerprint density at radius 2 is 2.19 bits per heavy atom. The van der Waals surface area contributed by atoms with Crippen LogP contribution >= 0.6 is 27.5 Å². The van der Waals surface area contributed by atoms with Gasteiger partial charge in [-0.25, -0.2) is 0 Å². The van der Waals surface area contributed by atoms with Gasteiger partial charge in [0, 0.05) is 27.1 Å². The third-order valence-electron chi connectivity index (χ3n) is 2.87. The maximum Gasteiger partial charge on any atom is 0.0501 e. The van der Waals surface area contributed by atoms with E-state index in [4.69, 9.17) is 11.6 Å². The van der Waals surface area contributed by atoms with E-state index >= 15 is 0 Å². The Morgan fingerprint density at radius 3 is 2.69 bits per heavy atom. The van der Waals surface area contributed by atoms with Gasteiger partial charge in [-0.15, -0.1) is 0 Å². The summed E-state index contributed by atoms with van der Waals surface area (Å²) in [6.45, 7) is 5.06. The minimum atomic E-state index is -0.0842. The lowest BCUT2D eigenvalue weighted by molar-refractivity contribution is 0.149. The van der Waals surface area contributed by atoms with Gasteiger partial charge in [0.15, 0.2) is 0 Å². The maximum absolute atomic E-state index is 9.30. The fourth-order valence-corrected chi connectivity index (χ4v) is 2.06. The van der Waals surface area contributed by atoms with Crippen molar-refractivity contribution < 1.29 is 5.11 Å². The number of benzene rings is 1. The van der Waals surface area contributed by atoms with Gasteiger partial charge < -0.3 is 10.4 Å². The first kappa shape index (κ1) is 13.8. The molecule has 0 saturated carbocycles. The molecule has 0 spiro atoms. The highest BCUT2D eigenvalue weighted by Crippen LogP contribution is 2.28. The highest BCUT2D eigenvalue weighted by Gasteiger charge is 2.20. The average Bonchev–Trinajstić information content (AvgIpc) is 2.27. The molecular formula is C12H17BrClNO. The molecule has 2 nitrogen and oxygen atoms in total. The number of halogens is 2. The van der Waals surface area contributed by atoms with Crippen molar-refractivity contribution in [2.75, 3.05) is 18.5 Å². The van der Waals surface area contributed by atoms with Gasteiger partial charge in [0.25, 0.3) is 0 Å². The molecule has 0 bridgehead atoms. The normalized spacial score (nSPS) is 14.6. The van der Waals surface area contributed by atoms with Gasteiger partial charge in [0.2, 0.25) is 0 Å². The van der Waals surface area contributed by atoms with Crippen molar-refractivity contribution >= 4 is 33.2 Å². The summed E-state index contributed by atoms with van der Waals surface area (Å²) in [5.41, 5.74) is 0.913. The SMILES string of the molecule is CCC(C)(CO)CNc1ccc(Cl)cc1Br. The van der Waals surface area contributed by atoms with Crippen LogP contribution in [0.25, 0.3) is 0 Å². The number of anilines is 1. The lowest BCUT2D eigenvalue weighted by Gasteiger charge is -2.26. The molecule has 1 aromatic rings. The smallest absolute Gasteiger partial charge is 0.0501 e. The van der Waals surface area contributed by atoms with Crippen LogP contribution in [0.2, 0.25) is 5.02 Å². The fraction of sp³-hybridized carbons (Fsp3) is 0.500. The topological polar surface area (TPSA) is 32.3 Å². The number of nitrogens with one attached hydrogen (secondary N) is 1. The Balaban J connectivity index is 2.67. The zero-order valence-corrected chi connectivity index (χ0v) is 11.9. The maximum atomic E-state index is 9.30. The molecule has 0 saturated heterocycles. The molecule has 1 unspecified atom stereocenters. The van der Waals surface area contributed by atoms with Crippen LogP contribution in [0.3, 0.4) is 0 Å². The van der Waals surface area contributed by atoms with Crippen molar-refractivity contribution in [3.8, 4) is 0 Å². The first-order valence-corrected chi connectivity index (χ1v) is 6.47. The second-order valence-corrected chi connectivity index (χ2v) is 5.59. The van der Waals surface area contributed by atoms with Crippen LogP contribution < -0.4 is 5.32 Å². The van der Waals surface area contributed by atoms with Crippen molar-refractivity contribution in [1.29, 1.82) is 0 Å². The molecule has 0 aromatic heterocycles. The van der Waals surface area contributed by atoms with E-state index in [0.717, 1.165) is 23.1 Å². The average molecular weight is 307 g/mol. The van der Waals surface area contributed by atoms with Crippen molar-refractivity contribution in [2.45, 2.75) is 20.3 Å². The van der Waals surface area contributed by atoms with Crippen LogP contribution in [-0.2, 0) is 0 Å². The van der Waals surface area contributed by atoms with Crippen molar-refractivity contribution in [3.63, 3.8) is 0 Å². The summed E-state index contributed by atoms with van der Waals surface area (Å²) < 4.78 is 0.941. The number of rotatable bonds is 5. The van der Waals surface area contributed by atoms with E-state index in [0.29, 0.717) is 5.02 Å². The Morgan fingerprint density at radius 1 is 1.50 bits per heavy atom. The predicted molar refractivity (Wildman–Crippen MR) is 73.1 cm³/mol. The van der Waals surface area contributed by atoms with E-state index < -0.39 is 0 Å². The summed E-state index contributed by atoms with van der Waals surface area (Å²) in [5, 5.41) is 13.3. The van der Waals surface area contributed by atoms with Gasteiger partial charge in [-0.1, -0.05) is 25.4 Å². The van der Waals surface area contributed by atoms with Gasteiger partial charge in [-0.05, 0) is 40.5 Å². The van der Waals surface area contributed by atoms with Crippen LogP contribution in [0.15, 0.2) is 22.7 Å². The molecule has 1 atom stereocenters. The monoisotopic (exact) mass is 305 g/mol. The second-order valence-electron chi connectivity index (χ2n) is 4.30. The lowest BCUT2D eigenvalue weighted by Crippen LogP contribution is -2.29. The molecule has 0 aliphatic carbocycles. The Labute approximate surface area is 110 Å². The van der Waals surface area contributed by atoms with E-state index in [1.165, 1.54) is 0 Å². The Kier molecular flexibility index (Phi) is 5.09. The first-order valence-electron chi connectivity index (χ1n) is 5.30. The number of aliphatic hydroxyl groups is 1. The molecule has 1 aromatic carbocycles. The zero-order valence-electron chi connectivity index (χ0n) is 9.56. The van der Waals surface area contributed by atoms with E-state index in [1.54, 1.807) is 0 Å². The Bertz CT molecular complexity index is 353. The summed E-state index contributed by atoms with van der Waals surface area (Å²) in [4.78, 5) is 0. The highest BCUT2D eigenvalue weighted by molar-refractivity contribution is 9.10. The van der Waals surface area contributed by atoms with Crippen LogP contribution in [0, 0.1) is 5.41 Å². The molecule has 2 N–H and O–H groups in total. The molecule has 90 valence electrons. The predicted octanol–water partition coefficient (Wildman–Crippen LogP) is 3.92. The van der Waals surface area contributed by atoms with Gasteiger partial charge in [-0.3, -0.25) is 0 Å². The highest BCUT2D eigenvalue weighted by atomic mass is 79.9. The van der Waals surface area contributed by atoms with E-state index in [2.05, 4.69) is 35.1 Å². The zero-order chi connectivity index (χ0) is 12.2. The molecule has 0 heterocycles. The van der Waals surface area contributed by atoms with Crippen LogP contribution in [0.5, 0.6) is 0 Å². The van der Waals surface area contributed by atoms with Crippen LogP contribution in [-0.4, -0.2) is 18.3 Å². The minimum absolute atomic E-state index is 0.0842. The van der Waals surface area contributed by atoms with Gasteiger partial charge in [-0.2, -0.15) is 0 Å². The molecule has 0 fully saturated rings. The summed E-state index contributed by atoms with van der Waals surface area (Å²) >= 11 is 9.31. The fourth-order valence-electron chi connectivity index (χ4n) is 1.23.